The zero-order chi connectivity index (χ0) is 18.8. The van der Waals surface area contributed by atoms with Gasteiger partial charge in [-0.1, -0.05) is 66.7 Å². The Kier molecular flexibility index (Phi) is 4.03. The molecule has 0 saturated carbocycles. The van der Waals surface area contributed by atoms with E-state index < -0.39 is 0 Å². The SMILES string of the molecule is C(=N/n1cnnc1)/c1c(-c2ccccc2)n(-c2ccccc2)c2ccccc12. The molecule has 5 nitrogen and oxygen atoms in total. The van der Waals surface area contributed by atoms with Gasteiger partial charge in [-0.25, -0.2) is 4.68 Å². The molecule has 5 rings (SSSR count). The molecule has 0 saturated heterocycles. The second-order valence-electron chi connectivity index (χ2n) is 6.40. The van der Waals surface area contributed by atoms with Gasteiger partial charge in [-0.15, -0.1) is 10.2 Å². The van der Waals surface area contributed by atoms with Crippen molar-refractivity contribution in [1.29, 1.82) is 0 Å². The van der Waals surface area contributed by atoms with Crippen LogP contribution in [0.5, 0.6) is 0 Å². The van der Waals surface area contributed by atoms with Crippen molar-refractivity contribution in [3.8, 4) is 16.9 Å². The van der Waals surface area contributed by atoms with E-state index in [2.05, 4.69) is 92.7 Å². The van der Waals surface area contributed by atoms with Crippen LogP contribution in [0, 0.1) is 0 Å². The van der Waals surface area contributed by atoms with E-state index in [0.29, 0.717) is 0 Å². The Balaban J connectivity index is 1.85. The van der Waals surface area contributed by atoms with Crippen LogP contribution in [0.2, 0.25) is 0 Å². The van der Waals surface area contributed by atoms with E-state index in [1.165, 1.54) is 0 Å². The van der Waals surface area contributed by atoms with Crippen molar-refractivity contribution in [2.75, 3.05) is 0 Å². The minimum Gasteiger partial charge on any atom is -0.309 e. The van der Waals surface area contributed by atoms with Gasteiger partial charge in [0.25, 0.3) is 0 Å². The van der Waals surface area contributed by atoms with E-state index >= 15 is 0 Å². The Bertz CT molecular complexity index is 1240. The predicted molar refractivity (Wildman–Crippen MR) is 112 cm³/mol. The molecule has 0 radical (unpaired) electrons. The lowest BCUT2D eigenvalue weighted by atomic mass is 10.1. The van der Waals surface area contributed by atoms with Crippen LogP contribution >= 0.6 is 0 Å². The van der Waals surface area contributed by atoms with E-state index in [9.17, 15) is 0 Å². The quantitative estimate of drug-likeness (QED) is 0.432. The van der Waals surface area contributed by atoms with Gasteiger partial charge in [0.1, 0.15) is 12.7 Å². The van der Waals surface area contributed by atoms with Gasteiger partial charge in [-0.05, 0) is 23.8 Å². The average Bonchev–Trinajstić information content (AvgIpc) is 3.39. The third-order valence-corrected chi connectivity index (χ3v) is 4.70. The number of benzene rings is 3. The van der Waals surface area contributed by atoms with Gasteiger partial charge in [-0.3, -0.25) is 0 Å². The van der Waals surface area contributed by atoms with E-state index in [4.69, 9.17) is 0 Å². The number of hydrogen-bond donors (Lipinski definition) is 0. The molecule has 2 heterocycles. The lowest BCUT2D eigenvalue weighted by molar-refractivity contribution is 0.878. The maximum atomic E-state index is 4.53. The Labute approximate surface area is 162 Å². The van der Waals surface area contributed by atoms with Crippen LogP contribution in [0.1, 0.15) is 5.56 Å². The first kappa shape index (κ1) is 16.2. The number of para-hydroxylation sites is 2. The molecule has 28 heavy (non-hydrogen) atoms. The lowest BCUT2D eigenvalue weighted by Gasteiger charge is -2.12. The largest absolute Gasteiger partial charge is 0.309 e. The molecule has 5 heteroatoms. The maximum Gasteiger partial charge on any atom is 0.141 e. The summed E-state index contributed by atoms with van der Waals surface area (Å²) in [6.45, 7) is 0. The molecule has 0 aliphatic rings. The highest BCUT2D eigenvalue weighted by Crippen LogP contribution is 2.35. The van der Waals surface area contributed by atoms with Crippen LogP contribution < -0.4 is 0 Å². The van der Waals surface area contributed by atoms with Crippen LogP contribution in [0.25, 0.3) is 27.8 Å². The van der Waals surface area contributed by atoms with Gasteiger partial charge >= 0.3 is 0 Å². The number of aromatic nitrogens is 4. The predicted octanol–water partition coefficient (Wildman–Crippen LogP) is 4.77. The minimum atomic E-state index is 1.05. The summed E-state index contributed by atoms with van der Waals surface area (Å²) in [4.78, 5) is 0. The number of fused-ring (bicyclic) bond motifs is 1. The fourth-order valence-corrected chi connectivity index (χ4v) is 3.50. The monoisotopic (exact) mass is 363 g/mol. The van der Waals surface area contributed by atoms with Crippen molar-refractivity contribution >= 4 is 17.1 Å². The molecule has 0 N–H and O–H groups in total. The highest BCUT2D eigenvalue weighted by molar-refractivity contribution is 6.07. The molecule has 2 aromatic heterocycles. The smallest absolute Gasteiger partial charge is 0.141 e. The minimum absolute atomic E-state index is 1.05. The molecule has 0 aliphatic carbocycles. The first-order chi connectivity index (χ1) is 13.9. The number of rotatable bonds is 4. The summed E-state index contributed by atoms with van der Waals surface area (Å²) in [5, 5.41) is 13.3. The van der Waals surface area contributed by atoms with E-state index in [-0.39, 0.29) is 0 Å². The molecule has 0 atom stereocenters. The van der Waals surface area contributed by atoms with E-state index in [1.807, 2.05) is 18.3 Å². The number of nitrogens with zero attached hydrogens (tertiary/aromatic N) is 5. The van der Waals surface area contributed by atoms with Crippen molar-refractivity contribution in [1.82, 2.24) is 19.4 Å². The molecule has 3 aromatic carbocycles. The zero-order valence-electron chi connectivity index (χ0n) is 15.1. The Morgan fingerprint density at radius 2 is 1.36 bits per heavy atom. The molecular formula is C23H17N5. The second kappa shape index (κ2) is 6.96. The van der Waals surface area contributed by atoms with E-state index in [1.54, 1.807) is 17.3 Å². The fourth-order valence-electron chi connectivity index (χ4n) is 3.50. The standard InChI is InChI=1S/C23H17N5/c1-3-9-18(10-4-1)23-21(15-26-27-16-24-25-17-27)20-13-7-8-14-22(20)28(23)19-11-5-2-6-12-19/h1-17H/b26-15-. The molecule has 5 aromatic rings. The molecule has 0 aliphatic heterocycles. The van der Waals surface area contributed by atoms with Crippen LogP contribution in [0.15, 0.2) is 103 Å². The Morgan fingerprint density at radius 1 is 0.714 bits per heavy atom. The number of hydrogen-bond acceptors (Lipinski definition) is 3. The van der Waals surface area contributed by atoms with Crippen LogP contribution in [0.4, 0.5) is 0 Å². The average molecular weight is 363 g/mol. The van der Waals surface area contributed by atoms with E-state index in [0.717, 1.165) is 33.4 Å². The maximum absolute atomic E-state index is 4.53. The molecule has 0 fully saturated rings. The van der Waals surface area contributed by atoms with Gasteiger partial charge in [0.15, 0.2) is 0 Å². The van der Waals surface area contributed by atoms with Gasteiger partial charge < -0.3 is 4.57 Å². The normalized spacial score (nSPS) is 11.4. The molecule has 0 unspecified atom stereocenters. The third-order valence-electron chi connectivity index (χ3n) is 4.70. The Hall–Kier alpha value is -3.99. The highest BCUT2D eigenvalue weighted by Gasteiger charge is 2.18. The second-order valence-corrected chi connectivity index (χ2v) is 6.40. The molecule has 0 amide bonds. The summed E-state index contributed by atoms with van der Waals surface area (Å²) in [6.07, 6.45) is 5.04. The first-order valence-corrected chi connectivity index (χ1v) is 9.05. The first-order valence-electron chi connectivity index (χ1n) is 9.05. The van der Waals surface area contributed by atoms with Crippen molar-refractivity contribution in [3.05, 3.63) is 103 Å². The summed E-state index contributed by atoms with van der Waals surface area (Å²) in [5.74, 6) is 0. The topological polar surface area (TPSA) is 48.0 Å². The summed E-state index contributed by atoms with van der Waals surface area (Å²) in [6, 6.07) is 29.2. The molecule has 134 valence electrons. The summed E-state index contributed by atoms with van der Waals surface area (Å²) in [7, 11) is 0. The zero-order valence-corrected chi connectivity index (χ0v) is 15.1. The van der Waals surface area contributed by atoms with Crippen LogP contribution in [-0.4, -0.2) is 25.7 Å². The van der Waals surface area contributed by atoms with Crippen LogP contribution in [0.3, 0.4) is 0 Å². The van der Waals surface area contributed by atoms with Crippen molar-refractivity contribution in [3.63, 3.8) is 0 Å². The summed E-state index contributed by atoms with van der Waals surface area (Å²) < 4.78 is 3.89. The summed E-state index contributed by atoms with van der Waals surface area (Å²) in [5.41, 5.74) is 5.54. The van der Waals surface area contributed by atoms with Gasteiger partial charge in [0.05, 0.1) is 17.4 Å². The van der Waals surface area contributed by atoms with Crippen molar-refractivity contribution in [2.24, 2.45) is 5.10 Å². The lowest BCUT2D eigenvalue weighted by Crippen LogP contribution is -1.98. The molecule has 0 spiro atoms. The van der Waals surface area contributed by atoms with Crippen molar-refractivity contribution < 1.29 is 0 Å². The Morgan fingerprint density at radius 3 is 2.11 bits per heavy atom. The van der Waals surface area contributed by atoms with Gasteiger partial charge in [-0.2, -0.15) is 5.10 Å². The van der Waals surface area contributed by atoms with Crippen molar-refractivity contribution in [2.45, 2.75) is 0 Å². The fraction of sp³-hybridized carbons (Fsp3) is 0. The van der Waals surface area contributed by atoms with Crippen LogP contribution in [-0.2, 0) is 0 Å². The summed E-state index contributed by atoms with van der Waals surface area (Å²) >= 11 is 0. The highest BCUT2D eigenvalue weighted by atomic mass is 15.4. The third kappa shape index (κ3) is 2.79. The van der Waals surface area contributed by atoms with Gasteiger partial charge in [0, 0.05) is 16.6 Å². The molecular weight excluding hydrogens is 346 g/mol. The molecule has 0 bridgehead atoms. The van der Waals surface area contributed by atoms with Gasteiger partial charge in [0.2, 0.25) is 0 Å².